The molecule has 0 fully saturated rings. The van der Waals surface area contributed by atoms with Crippen molar-refractivity contribution in [2.75, 3.05) is 26.8 Å². The van der Waals surface area contributed by atoms with E-state index < -0.39 is 17.2 Å². The van der Waals surface area contributed by atoms with Gasteiger partial charge in [0.05, 0.1) is 12.2 Å². The van der Waals surface area contributed by atoms with E-state index in [-0.39, 0.29) is 6.67 Å². The third-order valence-electron chi connectivity index (χ3n) is 3.54. The first-order valence-electron chi connectivity index (χ1n) is 8.23. The molecular weight excluding hydrogens is 299 g/mol. The SMILES string of the molecule is CCC(CC)(CNC(=NC)NCCCF)NC(=O)OC(C)(C)C. The van der Waals surface area contributed by atoms with E-state index in [1.807, 2.05) is 34.6 Å². The minimum absolute atomic E-state index is 0.363. The summed E-state index contributed by atoms with van der Waals surface area (Å²) in [4.78, 5) is 16.2. The largest absolute Gasteiger partial charge is 0.444 e. The van der Waals surface area contributed by atoms with Gasteiger partial charge in [-0.15, -0.1) is 0 Å². The first-order chi connectivity index (χ1) is 10.7. The van der Waals surface area contributed by atoms with Crippen LogP contribution in [-0.2, 0) is 4.74 Å². The molecule has 6 nitrogen and oxygen atoms in total. The van der Waals surface area contributed by atoms with Crippen molar-refractivity contribution in [3.8, 4) is 0 Å². The highest BCUT2D eigenvalue weighted by molar-refractivity contribution is 5.79. The van der Waals surface area contributed by atoms with Crippen LogP contribution in [0.25, 0.3) is 0 Å². The van der Waals surface area contributed by atoms with E-state index in [1.54, 1.807) is 7.05 Å². The molecule has 0 rings (SSSR count). The minimum Gasteiger partial charge on any atom is -0.444 e. The van der Waals surface area contributed by atoms with Crippen LogP contribution in [0.5, 0.6) is 0 Å². The Balaban J connectivity index is 4.66. The lowest BCUT2D eigenvalue weighted by molar-refractivity contribution is 0.0448. The number of hydrogen-bond acceptors (Lipinski definition) is 3. The molecule has 0 aromatic rings. The third kappa shape index (κ3) is 9.25. The van der Waals surface area contributed by atoms with Crippen LogP contribution in [0, 0.1) is 0 Å². The highest BCUT2D eigenvalue weighted by Gasteiger charge is 2.30. The zero-order chi connectivity index (χ0) is 17.9. The number of amides is 1. The molecule has 0 spiro atoms. The van der Waals surface area contributed by atoms with Gasteiger partial charge in [-0.2, -0.15) is 0 Å². The van der Waals surface area contributed by atoms with Crippen molar-refractivity contribution >= 4 is 12.1 Å². The summed E-state index contributed by atoms with van der Waals surface area (Å²) >= 11 is 0. The Hall–Kier alpha value is -1.53. The molecule has 0 heterocycles. The van der Waals surface area contributed by atoms with E-state index in [1.165, 1.54) is 0 Å². The van der Waals surface area contributed by atoms with Crippen LogP contribution in [0.3, 0.4) is 0 Å². The van der Waals surface area contributed by atoms with Crippen LogP contribution in [0.2, 0.25) is 0 Å². The second kappa shape index (κ2) is 10.3. The molecule has 0 aliphatic heterocycles. The Morgan fingerprint density at radius 1 is 1.17 bits per heavy atom. The van der Waals surface area contributed by atoms with Gasteiger partial charge in [0.2, 0.25) is 0 Å². The van der Waals surface area contributed by atoms with Gasteiger partial charge in [0.1, 0.15) is 5.60 Å². The number of aliphatic imine (C=N–C) groups is 1. The van der Waals surface area contributed by atoms with E-state index in [0.717, 1.165) is 12.8 Å². The van der Waals surface area contributed by atoms with Gasteiger partial charge in [0, 0.05) is 20.1 Å². The number of alkyl halides is 1. The van der Waals surface area contributed by atoms with E-state index in [9.17, 15) is 9.18 Å². The molecule has 0 bridgehead atoms. The molecule has 1 amide bonds. The molecule has 7 heteroatoms. The first-order valence-corrected chi connectivity index (χ1v) is 8.23. The summed E-state index contributed by atoms with van der Waals surface area (Å²) in [5.74, 6) is 0.593. The number of alkyl carbamates (subject to hydrolysis) is 1. The van der Waals surface area contributed by atoms with Gasteiger partial charge in [0.25, 0.3) is 0 Å². The molecule has 3 N–H and O–H groups in total. The second-order valence-corrected chi connectivity index (χ2v) is 6.51. The minimum atomic E-state index is -0.533. The van der Waals surface area contributed by atoms with Crippen LogP contribution in [0.1, 0.15) is 53.9 Å². The van der Waals surface area contributed by atoms with Crippen molar-refractivity contribution in [3.05, 3.63) is 0 Å². The topological polar surface area (TPSA) is 74.8 Å². The van der Waals surface area contributed by atoms with Gasteiger partial charge >= 0.3 is 6.09 Å². The number of carbonyl (C=O) groups excluding carboxylic acids is 1. The second-order valence-electron chi connectivity index (χ2n) is 6.51. The summed E-state index contributed by atoms with van der Waals surface area (Å²) in [5, 5.41) is 9.19. The van der Waals surface area contributed by atoms with Crippen LogP contribution < -0.4 is 16.0 Å². The number of guanidine groups is 1. The molecule has 0 aliphatic rings. The summed E-state index contributed by atoms with van der Waals surface area (Å²) in [6, 6.07) is 0. The summed E-state index contributed by atoms with van der Waals surface area (Å²) in [7, 11) is 1.66. The van der Waals surface area contributed by atoms with Crippen molar-refractivity contribution in [2.24, 2.45) is 4.99 Å². The Kier molecular flexibility index (Phi) is 9.60. The van der Waals surface area contributed by atoms with Gasteiger partial charge < -0.3 is 20.7 Å². The van der Waals surface area contributed by atoms with Crippen molar-refractivity contribution in [2.45, 2.75) is 65.0 Å². The Bertz CT molecular complexity index is 377. The molecule has 0 aromatic carbocycles. The number of ether oxygens (including phenoxy) is 1. The molecular formula is C16H33FN4O2. The maximum atomic E-state index is 12.1. The predicted octanol–water partition coefficient (Wildman–Crippen LogP) is 2.59. The molecule has 0 saturated heterocycles. The number of hydrogen-bond donors (Lipinski definition) is 3. The molecule has 23 heavy (non-hydrogen) atoms. The number of rotatable bonds is 8. The Morgan fingerprint density at radius 3 is 2.22 bits per heavy atom. The molecule has 136 valence electrons. The zero-order valence-electron chi connectivity index (χ0n) is 15.4. The fourth-order valence-electron chi connectivity index (χ4n) is 1.99. The average molecular weight is 332 g/mol. The van der Waals surface area contributed by atoms with Gasteiger partial charge in [0.15, 0.2) is 5.96 Å². The molecule has 0 unspecified atom stereocenters. The number of halogens is 1. The lowest BCUT2D eigenvalue weighted by atomic mass is 9.93. The predicted molar refractivity (Wildman–Crippen MR) is 92.6 cm³/mol. The highest BCUT2D eigenvalue weighted by atomic mass is 19.1. The lowest BCUT2D eigenvalue weighted by Crippen LogP contribution is -2.57. The number of nitrogens with one attached hydrogen (secondary N) is 3. The first kappa shape index (κ1) is 21.5. The molecule has 0 radical (unpaired) electrons. The van der Waals surface area contributed by atoms with E-state index in [2.05, 4.69) is 20.9 Å². The highest BCUT2D eigenvalue weighted by Crippen LogP contribution is 2.16. The Morgan fingerprint density at radius 2 is 1.78 bits per heavy atom. The van der Waals surface area contributed by atoms with E-state index in [0.29, 0.717) is 25.5 Å². The van der Waals surface area contributed by atoms with Crippen molar-refractivity contribution in [1.29, 1.82) is 0 Å². The average Bonchev–Trinajstić information content (AvgIpc) is 2.47. The maximum Gasteiger partial charge on any atom is 0.408 e. The fraction of sp³-hybridized carbons (Fsp3) is 0.875. The van der Waals surface area contributed by atoms with Gasteiger partial charge in [-0.05, 0) is 40.0 Å². The smallest absolute Gasteiger partial charge is 0.408 e. The van der Waals surface area contributed by atoms with Crippen LogP contribution in [-0.4, -0.2) is 50.0 Å². The standard InChI is InChI=1S/C16H33FN4O2/c1-7-16(8-2,21-14(22)23-15(3,4)5)12-20-13(18-6)19-11-9-10-17/h7-12H2,1-6H3,(H,21,22)(H2,18,19,20). The third-order valence-corrected chi connectivity index (χ3v) is 3.54. The van der Waals surface area contributed by atoms with Crippen molar-refractivity contribution in [3.63, 3.8) is 0 Å². The van der Waals surface area contributed by atoms with Gasteiger partial charge in [-0.25, -0.2) is 4.79 Å². The van der Waals surface area contributed by atoms with Gasteiger partial charge in [-0.1, -0.05) is 13.8 Å². The molecule has 0 aliphatic carbocycles. The number of carbonyl (C=O) groups is 1. The van der Waals surface area contributed by atoms with Crippen LogP contribution in [0.4, 0.5) is 9.18 Å². The fourth-order valence-corrected chi connectivity index (χ4v) is 1.99. The van der Waals surface area contributed by atoms with Crippen LogP contribution >= 0.6 is 0 Å². The number of nitrogens with zero attached hydrogens (tertiary/aromatic N) is 1. The molecule has 0 saturated carbocycles. The summed E-state index contributed by atoms with van der Waals surface area (Å²) < 4.78 is 17.5. The summed E-state index contributed by atoms with van der Waals surface area (Å²) in [5.41, 5.74) is -0.964. The lowest BCUT2D eigenvalue weighted by Gasteiger charge is -2.34. The van der Waals surface area contributed by atoms with Crippen molar-refractivity contribution < 1.29 is 13.9 Å². The van der Waals surface area contributed by atoms with Crippen LogP contribution in [0.15, 0.2) is 4.99 Å². The van der Waals surface area contributed by atoms with Crippen molar-refractivity contribution in [1.82, 2.24) is 16.0 Å². The van der Waals surface area contributed by atoms with E-state index in [4.69, 9.17) is 4.74 Å². The van der Waals surface area contributed by atoms with E-state index >= 15 is 0 Å². The quantitative estimate of drug-likeness (QED) is 0.363. The molecule has 0 atom stereocenters. The summed E-state index contributed by atoms with van der Waals surface area (Å²) in [6.45, 7) is 10.2. The van der Waals surface area contributed by atoms with Gasteiger partial charge in [-0.3, -0.25) is 9.38 Å². The summed E-state index contributed by atoms with van der Waals surface area (Å²) in [6.07, 6.45) is 1.50. The Labute approximate surface area is 139 Å². The zero-order valence-corrected chi connectivity index (χ0v) is 15.4. The normalized spacial score (nSPS) is 12.7. The molecule has 0 aromatic heterocycles. The maximum absolute atomic E-state index is 12.1. The monoisotopic (exact) mass is 332 g/mol.